The van der Waals surface area contributed by atoms with Crippen LogP contribution in [-0.2, 0) is 11.3 Å². The van der Waals surface area contributed by atoms with Gasteiger partial charge in [-0.3, -0.25) is 4.79 Å². The highest BCUT2D eigenvalue weighted by Gasteiger charge is 2.11. The number of hydrogen-bond acceptors (Lipinski definition) is 4. The molecule has 0 unspecified atom stereocenters. The van der Waals surface area contributed by atoms with Crippen molar-refractivity contribution >= 4 is 27.9 Å². The Hall–Kier alpha value is -2.47. The summed E-state index contributed by atoms with van der Waals surface area (Å²) in [5, 5.41) is 0. The fourth-order valence-electron chi connectivity index (χ4n) is 2.64. The van der Waals surface area contributed by atoms with Crippen molar-refractivity contribution in [2.24, 2.45) is 0 Å². The molecule has 0 aliphatic carbocycles. The standard InChI is InChI=1S/C22H26BrNO4/c1-15(2)28-20-9-6-16(12-21(20)27-5)7-11-22(25)24(3)14-17-13-18(23)8-10-19(17)26-4/h6-13,15H,14H2,1-5H3/b11-7+. The highest BCUT2D eigenvalue weighted by atomic mass is 79.9. The Morgan fingerprint density at radius 3 is 2.39 bits per heavy atom. The fourth-order valence-corrected chi connectivity index (χ4v) is 3.05. The Kier molecular flexibility index (Phi) is 7.93. The van der Waals surface area contributed by atoms with Crippen molar-refractivity contribution < 1.29 is 19.0 Å². The first-order valence-corrected chi connectivity index (χ1v) is 9.73. The van der Waals surface area contributed by atoms with Crippen LogP contribution in [-0.4, -0.2) is 38.2 Å². The van der Waals surface area contributed by atoms with Crippen molar-refractivity contribution in [3.8, 4) is 17.2 Å². The van der Waals surface area contributed by atoms with Gasteiger partial charge in [-0.1, -0.05) is 22.0 Å². The molecular formula is C22H26BrNO4. The van der Waals surface area contributed by atoms with E-state index in [2.05, 4.69) is 15.9 Å². The number of hydrogen-bond donors (Lipinski definition) is 0. The first-order chi connectivity index (χ1) is 13.3. The average Bonchev–Trinajstić information content (AvgIpc) is 2.66. The fraction of sp³-hybridized carbons (Fsp3) is 0.318. The number of methoxy groups -OCH3 is 2. The molecular weight excluding hydrogens is 422 g/mol. The van der Waals surface area contributed by atoms with E-state index in [9.17, 15) is 4.79 Å². The number of ether oxygens (including phenoxy) is 3. The molecule has 0 radical (unpaired) electrons. The van der Waals surface area contributed by atoms with E-state index in [1.54, 1.807) is 38.3 Å². The molecule has 0 fully saturated rings. The zero-order valence-electron chi connectivity index (χ0n) is 16.9. The molecule has 2 aromatic rings. The summed E-state index contributed by atoms with van der Waals surface area (Å²) in [7, 11) is 4.97. The zero-order valence-corrected chi connectivity index (χ0v) is 18.4. The molecule has 2 aromatic carbocycles. The molecule has 2 rings (SSSR count). The molecule has 150 valence electrons. The molecule has 0 aromatic heterocycles. The third-order valence-corrected chi connectivity index (χ3v) is 4.49. The second-order valence-corrected chi connectivity index (χ2v) is 7.48. The van der Waals surface area contributed by atoms with E-state index in [-0.39, 0.29) is 12.0 Å². The molecule has 6 heteroatoms. The summed E-state index contributed by atoms with van der Waals surface area (Å²) >= 11 is 3.45. The minimum absolute atomic E-state index is 0.0561. The summed E-state index contributed by atoms with van der Waals surface area (Å²) in [5.74, 6) is 1.95. The number of benzene rings is 2. The molecule has 0 N–H and O–H groups in total. The highest BCUT2D eigenvalue weighted by Crippen LogP contribution is 2.29. The van der Waals surface area contributed by atoms with Gasteiger partial charge < -0.3 is 19.1 Å². The first-order valence-electron chi connectivity index (χ1n) is 8.94. The molecule has 0 spiro atoms. The zero-order chi connectivity index (χ0) is 20.7. The largest absolute Gasteiger partial charge is 0.496 e. The van der Waals surface area contributed by atoms with Crippen LogP contribution in [0.2, 0.25) is 0 Å². The van der Waals surface area contributed by atoms with Crippen LogP contribution in [0.25, 0.3) is 6.08 Å². The molecule has 0 bridgehead atoms. The van der Waals surface area contributed by atoms with Gasteiger partial charge in [0.25, 0.3) is 0 Å². The Balaban J connectivity index is 2.09. The van der Waals surface area contributed by atoms with Crippen molar-refractivity contribution in [3.05, 3.63) is 58.1 Å². The predicted molar refractivity (Wildman–Crippen MR) is 115 cm³/mol. The van der Waals surface area contributed by atoms with Crippen LogP contribution in [0.15, 0.2) is 46.9 Å². The summed E-state index contributed by atoms with van der Waals surface area (Å²) in [5.41, 5.74) is 1.78. The molecule has 0 saturated carbocycles. The maximum atomic E-state index is 12.5. The quantitative estimate of drug-likeness (QED) is 0.538. The molecule has 28 heavy (non-hydrogen) atoms. The van der Waals surface area contributed by atoms with Crippen LogP contribution in [0.3, 0.4) is 0 Å². The van der Waals surface area contributed by atoms with Gasteiger partial charge in [0.05, 0.1) is 20.3 Å². The van der Waals surface area contributed by atoms with Crippen LogP contribution < -0.4 is 14.2 Å². The minimum atomic E-state index is -0.108. The minimum Gasteiger partial charge on any atom is -0.496 e. The van der Waals surface area contributed by atoms with Crippen LogP contribution >= 0.6 is 15.9 Å². The van der Waals surface area contributed by atoms with Crippen LogP contribution in [0.1, 0.15) is 25.0 Å². The molecule has 5 nitrogen and oxygen atoms in total. The van der Waals surface area contributed by atoms with Crippen LogP contribution in [0.5, 0.6) is 17.2 Å². The average molecular weight is 448 g/mol. The SMILES string of the molecule is COc1ccc(Br)cc1CN(C)C(=O)/C=C/c1ccc(OC(C)C)c(OC)c1. The number of nitrogens with zero attached hydrogens (tertiary/aromatic N) is 1. The number of amides is 1. The highest BCUT2D eigenvalue weighted by molar-refractivity contribution is 9.10. The lowest BCUT2D eigenvalue weighted by Gasteiger charge is -2.17. The van der Waals surface area contributed by atoms with Gasteiger partial charge in [-0.25, -0.2) is 0 Å². The number of halogens is 1. The number of carbonyl (C=O) groups excluding carboxylic acids is 1. The third kappa shape index (κ3) is 6.02. The maximum absolute atomic E-state index is 12.5. The van der Waals surface area contributed by atoms with E-state index in [4.69, 9.17) is 14.2 Å². The molecule has 0 heterocycles. The van der Waals surface area contributed by atoms with Crippen molar-refractivity contribution in [1.82, 2.24) is 4.90 Å². The van der Waals surface area contributed by atoms with Gasteiger partial charge in [-0.15, -0.1) is 0 Å². The van der Waals surface area contributed by atoms with Crippen LogP contribution in [0.4, 0.5) is 0 Å². The smallest absolute Gasteiger partial charge is 0.246 e. The van der Waals surface area contributed by atoms with Gasteiger partial charge in [0.15, 0.2) is 11.5 Å². The van der Waals surface area contributed by atoms with Gasteiger partial charge in [0.2, 0.25) is 5.91 Å². The molecule has 1 amide bonds. The predicted octanol–water partition coefficient (Wildman–Crippen LogP) is 4.93. The van der Waals surface area contributed by atoms with E-state index in [0.717, 1.165) is 21.3 Å². The van der Waals surface area contributed by atoms with E-state index in [0.29, 0.717) is 18.0 Å². The van der Waals surface area contributed by atoms with E-state index >= 15 is 0 Å². The van der Waals surface area contributed by atoms with Crippen molar-refractivity contribution in [1.29, 1.82) is 0 Å². The van der Waals surface area contributed by atoms with E-state index in [1.165, 1.54) is 0 Å². The van der Waals surface area contributed by atoms with Gasteiger partial charge >= 0.3 is 0 Å². The Bertz CT molecular complexity index is 848. The van der Waals surface area contributed by atoms with Crippen molar-refractivity contribution in [3.63, 3.8) is 0 Å². The summed E-state index contributed by atoms with van der Waals surface area (Å²) in [6.07, 6.45) is 3.36. The van der Waals surface area contributed by atoms with E-state index in [1.807, 2.05) is 50.2 Å². The summed E-state index contributed by atoms with van der Waals surface area (Å²) in [6, 6.07) is 11.3. The van der Waals surface area contributed by atoms with Crippen molar-refractivity contribution in [2.45, 2.75) is 26.5 Å². The van der Waals surface area contributed by atoms with Crippen molar-refractivity contribution in [2.75, 3.05) is 21.3 Å². The van der Waals surface area contributed by atoms with E-state index < -0.39 is 0 Å². The Morgan fingerprint density at radius 2 is 1.75 bits per heavy atom. The van der Waals surface area contributed by atoms with Crippen LogP contribution in [0, 0.1) is 0 Å². The van der Waals surface area contributed by atoms with Gasteiger partial charge in [-0.2, -0.15) is 0 Å². The first kappa shape index (κ1) is 21.8. The lowest BCUT2D eigenvalue weighted by atomic mass is 10.1. The molecule has 0 saturated heterocycles. The normalized spacial score (nSPS) is 11.0. The molecule has 0 atom stereocenters. The van der Waals surface area contributed by atoms with Gasteiger partial charge in [-0.05, 0) is 55.8 Å². The maximum Gasteiger partial charge on any atom is 0.246 e. The third-order valence-electron chi connectivity index (χ3n) is 3.99. The topological polar surface area (TPSA) is 48.0 Å². The molecule has 0 aliphatic heterocycles. The second-order valence-electron chi connectivity index (χ2n) is 6.56. The summed E-state index contributed by atoms with van der Waals surface area (Å²) in [4.78, 5) is 14.1. The lowest BCUT2D eigenvalue weighted by molar-refractivity contribution is -0.125. The number of likely N-dealkylation sites (N-methyl/N-ethyl adjacent to an activating group) is 1. The number of carbonyl (C=O) groups is 1. The van der Waals surface area contributed by atoms with Gasteiger partial charge in [0.1, 0.15) is 5.75 Å². The second kappa shape index (κ2) is 10.2. The summed E-state index contributed by atoms with van der Waals surface area (Å²) < 4.78 is 17.4. The number of rotatable bonds is 8. The Labute approximate surface area is 175 Å². The van der Waals surface area contributed by atoms with Gasteiger partial charge in [0, 0.05) is 29.7 Å². The Morgan fingerprint density at radius 1 is 1.07 bits per heavy atom. The lowest BCUT2D eigenvalue weighted by Crippen LogP contribution is -2.24. The monoisotopic (exact) mass is 447 g/mol. The summed E-state index contributed by atoms with van der Waals surface area (Å²) in [6.45, 7) is 4.36. The molecule has 0 aliphatic rings.